The highest BCUT2D eigenvalue weighted by molar-refractivity contribution is 9.23. The molecule has 1 nitrogen and oxygen atoms in total. The van der Waals surface area contributed by atoms with Crippen LogP contribution in [-0.4, -0.2) is 18.2 Å². The van der Waals surface area contributed by atoms with E-state index in [2.05, 4.69) is 25.0 Å². The van der Waals surface area contributed by atoms with Gasteiger partial charge in [-0.25, -0.2) is 0 Å². The number of halogens is 1. The highest BCUT2D eigenvalue weighted by atomic mass is 79.9. The third-order valence-corrected chi connectivity index (χ3v) is 9.49. The van der Waals surface area contributed by atoms with Gasteiger partial charge in [-0.3, -0.25) is 12.9 Å². The molecule has 0 aliphatic heterocycles. The van der Waals surface area contributed by atoms with Crippen molar-refractivity contribution in [3.8, 4) is 0 Å². The van der Waals surface area contributed by atoms with E-state index in [1.54, 1.807) is 0 Å². The van der Waals surface area contributed by atoms with Crippen LogP contribution in [0, 0.1) is 0 Å². The van der Waals surface area contributed by atoms with Gasteiger partial charge in [-0.15, -0.1) is 0 Å². The van der Waals surface area contributed by atoms with Gasteiger partial charge in [0.1, 0.15) is 0 Å². The van der Waals surface area contributed by atoms with E-state index in [1.165, 1.54) is 3.69 Å². The summed E-state index contributed by atoms with van der Waals surface area (Å²) in [5, 5.41) is 2.65. The molecule has 0 N–H and O–H groups in total. The molecule has 0 spiro atoms. The van der Waals surface area contributed by atoms with Crippen LogP contribution in [-0.2, 0) is 4.57 Å². The number of hydrogen-bond acceptors (Lipinski definition) is 1. The Morgan fingerprint density at radius 2 is 1.05 bits per heavy atom. The van der Waals surface area contributed by atoms with Gasteiger partial charge in [-0.2, -0.15) is 3.69 Å². The van der Waals surface area contributed by atoms with E-state index in [0.29, 0.717) is 0 Å². The second-order valence-corrected chi connectivity index (χ2v) is 10.6. The van der Waals surface area contributed by atoms with E-state index in [9.17, 15) is 4.57 Å². The van der Waals surface area contributed by atoms with Crippen molar-refractivity contribution in [2.45, 2.75) is 0 Å². The lowest BCUT2D eigenvalue weighted by Crippen LogP contribution is -2.26. The van der Waals surface area contributed by atoms with Crippen LogP contribution in [0.2, 0.25) is 0 Å². The Bertz CT molecular complexity index is 745. The number of hydrogen-bond donors (Lipinski definition) is 0. The van der Waals surface area contributed by atoms with E-state index in [-0.39, 0.29) is 18.2 Å². The van der Waals surface area contributed by atoms with Gasteiger partial charge < -0.3 is 4.57 Å². The Hall–Kier alpha value is -0.864. The average Bonchev–Trinajstić information content (AvgIpc) is 2.62. The molecule has 0 aliphatic carbocycles. The molecule has 3 aromatic carbocycles. The van der Waals surface area contributed by atoms with E-state index >= 15 is 0 Å². The quantitative estimate of drug-likeness (QED) is 0.502. The van der Waals surface area contributed by atoms with Crippen LogP contribution in [0.4, 0.5) is 0 Å². The summed E-state index contributed by atoms with van der Waals surface area (Å²) in [6, 6.07) is 27.8. The Kier molecular flexibility index (Phi) is 5.20. The van der Waals surface area contributed by atoms with Gasteiger partial charge in [0, 0.05) is 15.9 Å². The second-order valence-electron chi connectivity index (χ2n) is 5.08. The Labute approximate surface area is 146 Å². The zero-order valence-corrected chi connectivity index (χ0v) is 15.9. The third-order valence-electron chi connectivity index (χ3n) is 3.69. The van der Waals surface area contributed by atoms with Gasteiger partial charge in [0.2, 0.25) is 0 Å². The summed E-state index contributed by atoms with van der Waals surface area (Å²) >= 11 is 3.22. The molecule has 0 heterocycles. The highest BCUT2D eigenvalue weighted by Gasteiger charge is 2.29. The summed E-state index contributed by atoms with van der Waals surface area (Å²) in [4.78, 5) is 0. The van der Waals surface area contributed by atoms with Crippen LogP contribution in [0.1, 0.15) is 0 Å². The Morgan fingerprint density at radius 3 is 1.45 bits per heavy atom. The van der Waals surface area contributed by atoms with Crippen molar-refractivity contribution < 1.29 is 4.57 Å². The van der Waals surface area contributed by atoms with Gasteiger partial charge in [0.15, 0.2) is 7.14 Å². The highest BCUT2D eigenvalue weighted by Crippen LogP contribution is 2.41. The number of benzene rings is 3. The normalized spacial score (nSPS) is 11.0. The summed E-state index contributed by atoms with van der Waals surface area (Å²) < 4.78 is 15.3. The Morgan fingerprint density at radius 1 is 0.636 bits per heavy atom. The predicted molar refractivity (Wildman–Crippen MR) is 100 cm³/mol. The molecule has 22 heavy (non-hydrogen) atoms. The zero-order valence-electron chi connectivity index (χ0n) is 12.0. The molecule has 0 aromatic heterocycles. The zero-order chi connectivity index (χ0) is 15.4. The van der Waals surface area contributed by atoms with E-state index in [4.69, 9.17) is 0 Å². The van der Waals surface area contributed by atoms with Crippen molar-refractivity contribution in [3.05, 3.63) is 84.9 Å². The largest absolute Gasteiger partial charge is 0.506 e. The average molecular weight is 381 g/mol. The Balaban J connectivity index is 2.21. The lowest BCUT2D eigenvalue weighted by atomic mass is 10.3. The van der Waals surface area contributed by atoms with E-state index in [0.717, 1.165) is 15.9 Å². The summed E-state index contributed by atoms with van der Waals surface area (Å²) in [6.07, 6.45) is 0. The molecule has 0 fully saturated rings. The fourth-order valence-electron chi connectivity index (χ4n) is 2.52. The topological polar surface area (TPSA) is 17.1 Å². The van der Waals surface area contributed by atoms with Crippen molar-refractivity contribution in [3.63, 3.8) is 0 Å². The molecule has 106 valence electrons. The molecule has 0 bridgehead atoms. The summed E-state index contributed by atoms with van der Waals surface area (Å²) in [5.74, 6) is 0. The van der Waals surface area contributed by atoms with Crippen molar-refractivity contribution in [1.82, 2.24) is 0 Å². The van der Waals surface area contributed by atoms with Crippen molar-refractivity contribution in [1.29, 1.82) is 0 Å². The first-order valence-corrected chi connectivity index (χ1v) is 13.4. The molecular weight excluding hydrogens is 367 g/mol. The summed E-state index contributed by atoms with van der Waals surface area (Å²) in [5.41, 5.74) is 0. The van der Waals surface area contributed by atoms with Crippen LogP contribution < -0.4 is 19.6 Å². The number of rotatable bonds is 4. The molecule has 4 heteroatoms. The first-order valence-electron chi connectivity index (χ1n) is 7.12. The predicted octanol–water partition coefficient (Wildman–Crippen LogP) is 2.97. The fourth-order valence-corrected chi connectivity index (χ4v) is 6.70. The van der Waals surface area contributed by atoms with E-state index in [1.807, 2.05) is 72.8 Å². The molecule has 3 aromatic rings. The first-order chi connectivity index (χ1) is 10.7. The molecule has 0 radical (unpaired) electrons. The molecule has 0 aliphatic rings. The molecular formula is C18H14BrMgOP. The van der Waals surface area contributed by atoms with Gasteiger partial charge in [0.25, 0.3) is 0 Å². The van der Waals surface area contributed by atoms with Crippen LogP contribution in [0.15, 0.2) is 84.9 Å². The molecule has 0 atom stereocenters. The second kappa shape index (κ2) is 7.14. The standard InChI is InChI=1S/C18H14OP.BrH.Mg/c19-20(16-10-4-1-5-11-16,17-12-6-2-7-13-17)18-14-8-3-9-15-18;;/h1-2,4-15H;1H;/q;;+1/p-1. The molecule has 3 rings (SSSR count). The van der Waals surface area contributed by atoms with Gasteiger partial charge in [-0.1, -0.05) is 84.9 Å². The lowest BCUT2D eigenvalue weighted by Gasteiger charge is -2.20. The fraction of sp³-hybridized carbons (Fsp3) is 0. The monoisotopic (exact) mass is 380 g/mol. The molecule has 0 saturated heterocycles. The van der Waals surface area contributed by atoms with E-state index < -0.39 is 7.14 Å². The molecule has 0 saturated carbocycles. The van der Waals surface area contributed by atoms with Crippen molar-refractivity contribution in [2.75, 3.05) is 0 Å². The van der Waals surface area contributed by atoms with Gasteiger partial charge >= 0.3 is 18.2 Å². The van der Waals surface area contributed by atoms with Crippen LogP contribution >= 0.6 is 20.0 Å². The van der Waals surface area contributed by atoms with Crippen LogP contribution in [0.5, 0.6) is 0 Å². The maximum Gasteiger partial charge on any atom is 0.506 e. The summed E-state index contributed by atoms with van der Waals surface area (Å²) in [7, 11) is -2.81. The van der Waals surface area contributed by atoms with Crippen molar-refractivity contribution in [2.24, 2.45) is 0 Å². The lowest BCUT2D eigenvalue weighted by molar-refractivity contribution is 0.592. The third kappa shape index (κ3) is 3.09. The van der Waals surface area contributed by atoms with Gasteiger partial charge in [0.05, 0.1) is 0 Å². The van der Waals surface area contributed by atoms with Crippen LogP contribution in [0.3, 0.4) is 0 Å². The first kappa shape index (κ1) is 16.0. The molecule has 0 amide bonds. The van der Waals surface area contributed by atoms with Crippen molar-refractivity contribution >= 4 is 57.8 Å². The molecule has 0 unspecified atom stereocenters. The SMILES string of the molecule is O=P(c1ccccc1)(c1ccccc1)c1cc[c]([Mg][Br])cc1. The maximum absolute atomic E-state index is 14.0. The minimum Gasteiger partial charge on any atom is -0.309 e. The minimum atomic E-state index is -2.81. The summed E-state index contributed by atoms with van der Waals surface area (Å²) in [6.45, 7) is 0. The smallest absolute Gasteiger partial charge is 0.309 e. The minimum absolute atomic E-state index is 0.371. The van der Waals surface area contributed by atoms with Crippen LogP contribution in [0.25, 0.3) is 0 Å². The van der Waals surface area contributed by atoms with Gasteiger partial charge in [-0.05, 0) is 0 Å². The maximum atomic E-state index is 14.0.